The molecule has 0 spiro atoms. The van der Waals surface area contributed by atoms with Gasteiger partial charge in [0, 0.05) is 19.6 Å². The van der Waals surface area contributed by atoms with Crippen LogP contribution in [-0.4, -0.2) is 38.7 Å². The second kappa shape index (κ2) is 5.60. The van der Waals surface area contributed by atoms with Crippen molar-refractivity contribution in [1.82, 2.24) is 14.8 Å². The minimum absolute atomic E-state index is 0.0539. The summed E-state index contributed by atoms with van der Waals surface area (Å²) >= 11 is 0. The molecule has 0 aliphatic carbocycles. The highest BCUT2D eigenvalue weighted by molar-refractivity contribution is 4.92. The summed E-state index contributed by atoms with van der Waals surface area (Å²) < 4.78 is 7.43. The Balaban J connectivity index is 1.97. The monoisotopic (exact) mass is 239 g/mol. The van der Waals surface area contributed by atoms with Crippen molar-refractivity contribution in [3.63, 3.8) is 0 Å². The molecule has 5 heteroatoms. The molecule has 2 rings (SSSR count). The topological polar surface area (TPSA) is 60.2 Å². The van der Waals surface area contributed by atoms with Gasteiger partial charge in [0.05, 0.1) is 12.2 Å². The molecule has 17 heavy (non-hydrogen) atoms. The molecule has 1 aliphatic rings. The van der Waals surface area contributed by atoms with Crippen LogP contribution in [0.15, 0.2) is 6.33 Å². The Morgan fingerprint density at radius 2 is 2.47 bits per heavy atom. The van der Waals surface area contributed by atoms with Crippen LogP contribution >= 0.6 is 0 Å². The van der Waals surface area contributed by atoms with E-state index in [-0.39, 0.29) is 6.10 Å². The lowest BCUT2D eigenvalue weighted by molar-refractivity contribution is -0.0170. The molecule has 3 unspecified atom stereocenters. The lowest BCUT2D eigenvalue weighted by Gasteiger charge is -2.21. The van der Waals surface area contributed by atoms with Crippen LogP contribution in [0.3, 0.4) is 0 Å². The third kappa shape index (κ3) is 2.84. The molecule has 0 aromatic carbocycles. The minimum atomic E-state index is -0.479. The van der Waals surface area contributed by atoms with E-state index >= 15 is 0 Å². The molecule has 1 aliphatic heterocycles. The molecule has 5 nitrogen and oxygen atoms in total. The maximum absolute atomic E-state index is 10.2. The standard InChI is InChI=1S/C12H21N3O2/c1-3-5-15-11(13-8-14-15)7-10(16)12-9(2)4-6-17-12/h8-10,12,16H,3-7H2,1-2H3. The molecule has 0 saturated carbocycles. The highest BCUT2D eigenvalue weighted by atomic mass is 16.5. The molecule has 3 atom stereocenters. The van der Waals surface area contributed by atoms with Crippen molar-refractivity contribution in [2.24, 2.45) is 5.92 Å². The number of aromatic nitrogens is 3. The lowest BCUT2D eigenvalue weighted by Crippen LogP contribution is -2.32. The van der Waals surface area contributed by atoms with Crippen molar-refractivity contribution in [2.45, 2.75) is 51.9 Å². The van der Waals surface area contributed by atoms with Gasteiger partial charge >= 0.3 is 0 Å². The number of ether oxygens (including phenoxy) is 1. The zero-order valence-corrected chi connectivity index (χ0v) is 10.5. The summed E-state index contributed by atoms with van der Waals surface area (Å²) in [6.07, 6.45) is 3.59. The molecule has 1 aromatic heterocycles. The number of rotatable bonds is 5. The van der Waals surface area contributed by atoms with Gasteiger partial charge in [-0.2, -0.15) is 5.10 Å². The molecule has 0 radical (unpaired) electrons. The van der Waals surface area contributed by atoms with E-state index in [2.05, 4.69) is 23.9 Å². The second-order valence-electron chi connectivity index (χ2n) is 4.77. The van der Waals surface area contributed by atoms with Gasteiger partial charge in [0.2, 0.25) is 0 Å². The average Bonchev–Trinajstić information content (AvgIpc) is 2.89. The quantitative estimate of drug-likeness (QED) is 0.833. The van der Waals surface area contributed by atoms with Gasteiger partial charge in [0.15, 0.2) is 0 Å². The maximum atomic E-state index is 10.2. The van der Waals surface area contributed by atoms with Crippen LogP contribution in [-0.2, 0) is 17.7 Å². The van der Waals surface area contributed by atoms with Crippen LogP contribution in [0.1, 0.15) is 32.5 Å². The van der Waals surface area contributed by atoms with E-state index in [9.17, 15) is 5.11 Å². The number of hydrogen-bond donors (Lipinski definition) is 1. The Morgan fingerprint density at radius 3 is 3.12 bits per heavy atom. The van der Waals surface area contributed by atoms with Gasteiger partial charge in [-0.25, -0.2) is 4.98 Å². The number of aryl methyl sites for hydroxylation is 1. The van der Waals surface area contributed by atoms with Gasteiger partial charge in [-0.1, -0.05) is 13.8 Å². The van der Waals surface area contributed by atoms with Crippen LogP contribution in [0, 0.1) is 5.92 Å². The molecular weight excluding hydrogens is 218 g/mol. The molecule has 96 valence electrons. The van der Waals surface area contributed by atoms with E-state index in [0.29, 0.717) is 12.3 Å². The SMILES string of the molecule is CCCn1ncnc1CC(O)C1OCCC1C. The molecule has 0 amide bonds. The first kappa shape index (κ1) is 12.5. The van der Waals surface area contributed by atoms with Gasteiger partial charge in [0.1, 0.15) is 12.2 Å². The van der Waals surface area contributed by atoms with Crippen LogP contribution in [0.4, 0.5) is 0 Å². The summed E-state index contributed by atoms with van der Waals surface area (Å²) in [7, 11) is 0. The van der Waals surface area contributed by atoms with Gasteiger partial charge in [-0.05, 0) is 18.8 Å². The number of nitrogens with zero attached hydrogens (tertiary/aromatic N) is 3. The Bertz CT molecular complexity index is 353. The van der Waals surface area contributed by atoms with Crippen LogP contribution < -0.4 is 0 Å². The van der Waals surface area contributed by atoms with Crippen molar-refractivity contribution >= 4 is 0 Å². The summed E-state index contributed by atoms with van der Waals surface area (Å²) in [6.45, 7) is 5.83. The fourth-order valence-electron chi connectivity index (χ4n) is 2.36. The summed E-state index contributed by atoms with van der Waals surface area (Å²) in [5.41, 5.74) is 0. The van der Waals surface area contributed by atoms with Crippen molar-refractivity contribution in [1.29, 1.82) is 0 Å². The molecule has 1 saturated heterocycles. The molecule has 1 N–H and O–H groups in total. The Morgan fingerprint density at radius 1 is 1.65 bits per heavy atom. The van der Waals surface area contributed by atoms with E-state index in [1.54, 1.807) is 6.33 Å². The van der Waals surface area contributed by atoms with E-state index in [1.165, 1.54) is 0 Å². The van der Waals surface area contributed by atoms with E-state index in [4.69, 9.17) is 4.74 Å². The first-order valence-electron chi connectivity index (χ1n) is 6.38. The molecule has 0 bridgehead atoms. The average molecular weight is 239 g/mol. The predicted molar refractivity (Wildman–Crippen MR) is 63.5 cm³/mol. The molecule has 1 fully saturated rings. The largest absolute Gasteiger partial charge is 0.390 e. The Kier molecular flexibility index (Phi) is 4.12. The highest BCUT2D eigenvalue weighted by Crippen LogP contribution is 2.24. The van der Waals surface area contributed by atoms with Crippen LogP contribution in [0.5, 0.6) is 0 Å². The van der Waals surface area contributed by atoms with Gasteiger partial charge in [0.25, 0.3) is 0 Å². The Hall–Kier alpha value is -0.940. The third-order valence-corrected chi connectivity index (χ3v) is 3.35. The van der Waals surface area contributed by atoms with Gasteiger partial charge in [-0.3, -0.25) is 4.68 Å². The van der Waals surface area contributed by atoms with E-state index in [0.717, 1.165) is 31.8 Å². The molecule has 1 aromatic rings. The van der Waals surface area contributed by atoms with E-state index in [1.807, 2.05) is 4.68 Å². The first-order valence-corrected chi connectivity index (χ1v) is 6.38. The zero-order chi connectivity index (χ0) is 12.3. The Labute approximate surface area is 102 Å². The summed E-state index contributed by atoms with van der Waals surface area (Å²) in [6, 6.07) is 0. The van der Waals surface area contributed by atoms with E-state index < -0.39 is 6.10 Å². The zero-order valence-electron chi connectivity index (χ0n) is 10.5. The van der Waals surface area contributed by atoms with Crippen LogP contribution in [0.2, 0.25) is 0 Å². The number of hydrogen-bond acceptors (Lipinski definition) is 4. The van der Waals surface area contributed by atoms with Gasteiger partial charge < -0.3 is 9.84 Å². The first-order chi connectivity index (χ1) is 8.22. The van der Waals surface area contributed by atoms with Crippen molar-refractivity contribution in [3.05, 3.63) is 12.2 Å². The summed E-state index contributed by atoms with van der Waals surface area (Å²) in [5.74, 6) is 1.27. The van der Waals surface area contributed by atoms with Crippen molar-refractivity contribution in [3.8, 4) is 0 Å². The normalized spacial score (nSPS) is 26.3. The van der Waals surface area contributed by atoms with Crippen LogP contribution in [0.25, 0.3) is 0 Å². The summed E-state index contributed by atoms with van der Waals surface area (Å²) in [5, 5.41) is 14.3. The summed E-state index contributed by atoms with van der Waals surface area (Å²) in [4.78, 5) is 4.21. The maximum Gasteiger partial charge on any atom is 0.138 e. The fraction of sp³-hybridized carbons (Fsp3) is 0.833. The number of aliphatic hydroxyl groups excluding tert-OH is 1. The number of aliphatic hydroxyl groups is 1. The highest BCUT2D eigenvalue weighted by Gasteiger charge is 2.31. The smallest absolute Gasteiger partial charge is 0.138 e. The predicted octanol–water partition coefficient (Wildman–Crippen LogP) is 1.02. The fourth-order valence-corrected chi connectivity index (χ4v) is 2.36. The van der Waals surface area contributed by atoms with Gasteiger partial charge in [-0.15, -0.1) is 0 Å². The lowest BCUT2D eigenvalue weighted by atomic mass is 9.97. The minimum Gasteiger partial charge on any atom is -0.390 e. The van der Waals surface area contributed by atoms with Crippen molar-refractivity contribution < 1.29 is 9.84 Å². The van der Waals surface area contributed by atoms with Crippen molar-refractivity contribution in [2.75, 3.05) is 6.61 Å². The third-order valence-electron chi connectivity index (χ3n) is 3.35. The molecule has 2 heterocycles. The molecular formula is C12H21N3O2. The second-order valence-corrected chi connectivity index (χ2v) is 4.77.